The molecule has 0 radical (unpaired) electrons. The zero-order chi connectivity index (χ0) is 63.1. The fraction of sp³-hybridized carbons (Fsp3) is 0.354. The Morgan fingerprint density at radius 3 is 1.52 bits per heavy atom. The molecule has 0 saturated heterocycles. The second kappa shape index (κ2) is 33.0. The molecule has 4 aromatic heterocycles. The van der Waals surface area contributed by atoms with Gasteiger partial charge in [0.25, 0.3) is 10.0 Å². The highest BCUT2D eigenvalue weighted by molar-refractivity contribution is 7.90. The first-order chi connectivity index (χ1) is 41.6. The van der Waals surface area contributed by atoms with Crippen LogP contribution in [0.4, 0.5) is 4.39 Å². The van der Waals surface area contributed by atoms with Crippen LogP contribution in [-0.4, -0.2) is 112 Å². The number of rotatable bonds is 29. The molecule has 4 aromatic carbocycles. The fourth-order valence-corrected chi connectivity index (χ4v) is 12.1. The minimum Gasteiger partial charge on any atom is -0.497 e. The van der Waals surface area contributed by atoms with E-state index in [1.165, 1.54) is 56.7 Å². The predicted octanol–water partition coefficient (Wildman–Crippen LogP) is 11.4. The predicted molar refractivity (Wildman–Crippen MR) is 330 cm³/mol. The number of carbonyl (C=O) groups is 2. The standard InChI is InChI=1S/C25H31N3O5S.C24H31N3O5S.C16H16FNO2/c1-18(2)20-8-7-9-21(22(20)17-25(29)30)19-10-12-26-23(16-19)33-15-6-4-5-14-28-24(11-13-27-28)34(3,31)32;1-31-22-10-6-20(7-11-22)18-26(19-21-8-12-23(32-2)13-9-21)33(29,30)24-14-15-25-27(24)16-4-3-5-17-28;1-10(2)12-4-3-5-13(14(12)9-16(19)20)11-6-7-18-15(17)8-11/h7-13,16,18H,4-6,14-15,17H2,1-3H3,(H,29,30);6-15,28H,3-5,16-19H2,1-2H3;3-8,10H,9H2,1-2H3,(H,19,20). The molecule has 0 unspecified atom stereocenters. The van der Waals surface area contributed by atoms with Crippen molar-refractivity contribution in [1.29, 1.82) is 0 Å². The second-order valence-corrected chi connectivity index (χ2v) is 25.0. The number of aryl methyl sites for hydroxylation is 2. The quantitative estimate of drug-likeness (QED) is 0.0291. The zero-order valence-corrected chi connectivity index (χ0v) is 51.9. The highest BCUT2D eigenvalue weighted by Crippen LogP contribution is 2.34. The molecule has 3 N–H and O–H groups in total. The second-order valence-electron chi connectivity index (χ2n) is 21.2. The number of hydrogen-bond acceptors (Lipinski definition) is 14. The van der Waals surface area contributed by atoms with Crippen molar-refractivity contribution in [3.63, 3.8) is 0 Å². The van der Waals surface area contributed by atoms with Gasteiger partial charge in [-0.15, -0.1) is 0 Å². The number of carboxylic acids is 2. The number of sulfone groups is 1. The Hall–Kier alpha value is -8.31. The lowest BCUT2D eigenvalue weighted by Crippen LogP contribution is -2.32. The summed E-state index contributed by atoms with van der Waals surface area (Å²) in [6.45, 7) is 10.1. The number of carboxylic acid groups (broad SMARTS) is 2. The number of ether oxygens (including phenoxy) is 3. The summed E-state index contributed by atoms with van der Waals surface area (Å²) in [4.78, 5) is 30.4. The maximum absolute atomic E-state index is 13.7. The highest BCUT2D eigenvalue weighted by atomic mass is 32.2. The molecule has 22 heteroatoms. The number of sulfonamides is 1. The number of benzene rings is 4. The number of halogens is 1. The van der Waals surface area contributed by atoms with E-state index in [0.29, 0.717) is 49.1 Å². The van der Waals surface area contributed by atoms with Gasteiger partial charge in [-0.05, 0) is 155 Å². The van der Waals surface area contributed by atoms with E-state index in [-0.39, 0.29) is 54.4 Å². The first-order valence-electron chi connectivity index (χ1n) is 28.6. The van der Waals surface area contributed by atoms with E-state index in [2.05, 4.69) is 34.0 Å². The average molecular weight is 1230 g/mol. The summed E-state index contributed by atoms with van der Waals surface area (Å²) < 4.78 is 85.0. The Morgan fingerprint density at radius 1 is 0.586 bits per heavy atom. The first kappa shape index (κ1) is 67.8. The smallest absolute Gasteiger partial charge is 0.307 e. The first-order valence-corrected chi connectivity index (χ1v) is 31.9. The van der Waals surface area contributed by atoms with Gasteiger partial charge in [-0.1, -0.05) is 88.4 Å². The maximum atomic E-state index is 13.7. The molecule has 464 valence electrons. The van der Waals surface area contributed by atoms with Gasteiger partial charge in [-0.25, -0.2) is 26.8 Å². The third kappa shape index (κ3) is 20.1. The summed E-state index contributed by atoms with van der Waals surface area (Å²) in [6, 6.07) is 36.0. The number of aromatic nitrogens is 6. The molecule has 8 rings (SSSR count). The van der Waals surface area contributed by atoms with Crippen LogP contribution in [0.2, 0.25) is 0 Å². The lowest BCUT2D eigenvalue weighted by molar-refractivity contribution is -0.137. The van der Waals surface area contributed by atoms with Crippen LogP contribution >= 0.6 is 0 Å². The van der Waals surface area contributed by atoms with Crippen molar-refractivity contribution in [2.45, 2.75) is 127 Å². The molecule has 4 heterocycles. The molecule has 0 fully saturated rings. The average Bonchev–Trinajstić information content (AvgIpc) is 2.59. The van der Waals surface area contributed by atoms with Gasteiger partial charge in [0, 0.05) is 63.6 Å². The summed E-state index contributed by atoms with van der Waals surface area (Å²) in [5.74, 6) is -0.00181. The van der Waals surface area contributed by atoms with Crippen LogP contribution < -0.4 is 14.2 Å². The molecular weight excluding hydrogens is 1150 g/mol. The molecule has 0 saturated carbocycles. The molecule has 8 aromatic rings. The van der Waals surface area contributed by atoms with Crippen LogP contribution in [0.1, 0.15) is 111 Å². The van der Waals surface area contributed by atoms with Crippen LogP contribution in [0.25, 0.3) is 22.3 Å². The van der Waals surface area contributed by atoms with Gasteiger partial charge in [0.05, 0.1) is 46.1 Å². The Kier molecular flexibility index (Phi) is 25.7. The molecule has 0 bridgehead atoms. The molecular formula is C65H78FN7O12S2. The number of methoxy groups -OCH3 is 2. The van der Waals surface area contributed by atoms with Crippen molar-refractivity contribution in [1.82, 2.24) is 33.8 Å². The van der Waals surface area contributed by atoms with Crippen LogP contribution in [0, 0.1) is 5.95 Å². The van der Waals surface area contributed by atoms with E-state index in [9.17, 15) is 35.9 Å². The van der Waals surface area contributed by atoms with Gasteiger partial charge in [0.15, 0.2) is 19.9 Å². The van der Waals surface area contributed by atoms with E-state index in [1.54, 1.807) is 26.5 Å². The molecule has 0 aliphatic rings. The van der Waals surface area contributed by atoms with Gasteiger partial charge in [0.2, 0.25) is 11.8 Å². The van der Waals surface area contributed by atoms with E-state index in [0.717, 1.165) is 82.2 Å². The number of hydrogen-bond donors (Lipinski definition) is 3. The number of aliphatic carboxylic acids is 2. The van der Waals surface area contributed by atoms with Gasteiger partial charge in [0.1, 0.15) is 11.5 Å². The third-order valence-corrected chi connectivity index (χ3v) is 17.0. The minimum absolute atomic E-state index is 0.0422. The number of pyridine rings is 2. The van der Waals surface area contributed by atoms with Crippen molar-refractivity contribution < 1.29 is 60.3 Å². The number of nitrogens with zero attached hydrogens (tertiary/aromatic N) is 7. The lowest BCUT2D eigenvalue weighted by atomic mass is 9.89. The van der Waals surface area contributed by atoms with E-state index >= 15 is 0 Å². The molecule has 87 heavy (non-hydrogen) atoms. The fourth-order valence-electron chi connectivity index (χ4n) is 9.76. The highest BCUT2D eigenvalue weighted by Gasteiger charge is 2.29. The van der Waals surface area contributed by atoms with Crippen LogP contribution in [0.3, 0.4) is 0 Å². The lowest BCUT2D eigenvalue weighted by Gasteiger charge is -2.23. The Bertz CT molecular complexity index is 3670. The normalized spacial score (nSPS) is 11.4. The molecule has 0 aliphatic heterocycles. The van der Waals surface area contributed by atoms with E-state index in [1.807, 2.05) is 111 Å². The van der Waals surface area contributed by atoms with E-state index < -0.39 is 37.7 Å². The van der Waals surface area contributed by atoms with Crippen LogP contribution in [0.5, 0.6) is 17.4 Å². The van der Waals surface area contributed by atoms with Gasteiger partial charge in [-0.2, -0.15) is 18.9 Å². The van der Waals surface area contributed by atoms with Crippen LogP contribution in [-0.2, 0) is 68.5 Å². The topological polar surface area (TPSA) is 255 Å². The number of unbranched alkanes of at least 4 members (excludes halogenated alkanes) is 4. The number of aliphatic hydroxyl groups is 1. The van der Waals surface area contributed by atoms with Crippen molar-refractivity contribution in [2.24, 2.45) is 0 Å². The Balaban J connectivity index is 0.000000216. The van der Waals surface area contributed by atoms with Crippen molar-refractivity contribution in [3.8, 4) is 39.6 Å². The largest absolute Gasteiger partial charge is 0.497 e. The molecule has 19 nitrogen and oxygen atoms in total. The monoisotopic (exact) mass is 1230 g/mol. The Morgan fingerprint density at radius 2 is 1.06 bits per heavy atom. The Labute approximate surface area is 509 Å². The zero-order valence-electron chi connectivity index (χ0n) is 50.3. The van der Waals surface area contributed by atoms with E-state index in [4.69, 9.17) is 24.4 Å². The molecule has 0 amide bonds. The van der Waals surface area contributed by atoms with Crippen molar-refractivity contribution >= 4 is 31.8 Å². The SMILES string of the molecule is CC(C)c1cccc(-c2ccnc(F)c2)c1CC(=O)O.CC(C)c1cccc(-c2ccnc(OCCCCCn3nccc3S(C)(=O)=O)c2)c1CC(=O)O.COc1ccc(CN(Cc2ccc(OC)cc2)S(=O)(=O)c2ccnn2CCCCCO)cc1. The third-order valence-electron chi connectivity index (χ3n) is 14.1. The van der Waals surface area contributed by atoms with Crippen molar-refractivity contribution in [2.75, 3.05) is 33.7 Å². The van der Waals surface area contributed by atoms with Crippen molar-refractivity contribution in [3.05, 3.63) is 185 Å². The summed E-state index contributed by atoms with van der Waals surface area (Å²) >= 11 is 0. The van der Waals surface area contributed by atoms with Gasteiger partial charge in [-0.3, -0.25) is 19.0 Å². The molecule has 0 aliphatic carbocycles. The molecule has 0 spiro atoms. The summed E-state index contributed by atoms with van der Waals surface area (Å²) in [5, 5.41) is 36.2. The minimum atomic E-state index is -3.84. The summed E-state index contributed by atoms with van der Waals surface area (Å²) in [6.07, 6.45) is 11.8. The van der Waals surface area contributed by atoms with Gasteiger partial charge >= 0.3 is 11.9 Å². The van der Waals surface area contributed by atoms with Gasteiger partial charge < -0.3 is 29.5 Å². The van der Waals surface area contributed by atoms with Crippen LogP contribution in [0.15, 0.2) is 156 Å². The molecule has 0 atom stereocenters. The summed E-state index contributed by atoms with van der Waals surface area (Å²) in [5.41, 5.74) is 8.39. The number of aliphatic hydroxyl groups excluding tert-OH is 1. The maximum Gasteiger partial charge on any atom is 0.307 e. The summed E-state index contributed by atoms with van der Waals surface area (Å²) in [7, 11) is -3.93.